The third-order valence-electron chi connectivity index (χ3n) is 1.91. The summed E-state index contributed by atoms with van der Waals surface area (Å²) in [5.41, 5.74) is 0.384. The molecule has 2 heterocycles. The van der Waals surface area contributed by atoms with Gasteiger partial charge in [-0.2, -0.15) is 0 Å². The van der Waals surface area contributed by atoms with Crippen LogP contribution in [0, 0.1) is 6.92 Å². The van der Waals surface area contributed by atoms with E-state index in [4.69, 9.17) is 0 Å². The lowest BCUT2D eigenvalue weighted by molar-refractivity contribution is 0.140. The molecule has 0 saturated heterocycles. The van der Waals surface area contributed by atoms with Crippen molar-refractivity contribution < 1.29 is 8.78 Å². The minimum absolute atomic E-state index is 0.0741. The number of nitrogens with zero attached hydrogens (tertiary/aromatic N) is 2. The van der Waals surface area contributed by atoms with Gasteiger partial charge in [0.05, 0.1) is 5.52 Å². The van der Waals surface area contributed by atoms with Gasteiger partial charge in [-0.05, 0) is 18.6 Å². The Morgan fingerprint density at radius 3 is 2.87 bits per heavy atom. The number of fused-ring (bicyclic) bond motifs is 1. The van der Waals surface area contributed by atoms with E-state index in [-0.39, 0.29) is 11.0 Å². The summed E-state index contributed by atoms with van der Waals surface area (Å²) in [5, 5.41) is 0. The molecule has 0 aliphatic heterocycles. The molecule has 0 amide bonds. The van der Waals surface area contributed by atoms with Crippen LogP contribution >= 0.6 is 0 Å². The van der Waals surface area contributed by atoms with Crippen molar-refractivity contribution in [1.82, 2.24) is 15.0 Å². The number of alkyl halides is 2. The van der Waals surface area contributed by atoms with E-state index in [2.05, 4.69) is 9.97 Å². The zero-order valence-corrected chi connectivity index (χ0v) is 7.79. The van der Waals surface area contributed by atoms with Crippen LogP contribution in [0.15, 0.2) is 17.1 Å². The van der Waals surface area contributed by atoms with Gasteiger partial charge in [-0.25, -0.2) is 18.7 Å². The maximum atomic E-state index is 12.3. The van der Waals surface area contributed by atoms with Gasteiger partial charge >= 0.3 is 0 Å². The fourth-order valence-electron chi connectivity index (χ4n) is 1.25. The molecular weight excluding hydrogens is 204 g/mol. The first kappa shape index (κ1) is 9.70. The summed E-state index contributed by atoms with van der Waals surface area (Å²) in [7, 11) is 0. The van der Waals surface area contributed by atoms with Gasteiger partial charge in [0.1, 0.15) is 0 Å². The van der Waals surface area contributed by atoms with Crippen molar-refractivity contribution in [1.29, 1.82) is 0 Å². The van der Waals surface area contributed by atoms with Crippen LogP contribution < -0.4 is 5.56 Å². The standard InChI is InChI=1S/C9H7F2N3O/c1-4-2-5-6(12-3-4)9(15)14-8(13-5)7(10)11/h2-3,7H,1H3,(H,13,14,15). The Balaban J connectivity index is 2.80. The first-order valence-electron chi connectivity index (χ1n) is 4.22. The van der Waals surface area contributed by atoms with Crippen molar-refractivity contribution in [2.75, 3.05) is 0 Å². The number of H-pyrrole nitrogens is 1. The number of pyridine rings is 1. The van der Waals surface area contributed by atoms with Gasteiger partial charge in [-0.1, -0.05) is 0 Å². The fraction of sp³-hybridized carbons (Fsp3) is 0.222. The molecule has 0 fully saturated rings. The van der Waals surface area contributed by atoms with Crippen LogP contribution in [0.25, 0.3) is 11.0 Å². The Morgan fingerprint density at radius 2 is 2.20 bits per heavy atom. The smallest absolute Gasteiger partial charge is 0.295 e. The Kier molecular flexibility index (Phi) is 2.18. The molecule has 1 N–H and O–H groups in total. The maximum absolute atomic E-state index is 12.3. The Bertz CT molecular complexity index is 565. The number of aromatic amines is 1. The molecule has 0 aliphatic carbocycles. The van der Waals surface area contributed by atoms with E-state index >= 15 is 0 Å². The van der Waals surface area contributed by atoms with Crippen molar-refractivity contribution in [3.8, 4) is 0 Å². The zero-order valence-electron chi connectivity index (χ0n) is 7.79. The third-order valence-corrected chi connectivity index (χ3v) is 1.91. The molecule has 6 heteroatoms. The Hall–Kier alpha value is -1.85. The monoisotopic (exact) mass is 211 g/mol. The van der Waals surface area contributed by atoms with E-state index in [1.165, 1.54) is 6.20 Å². The highest BCUT2D eigenvalue weighted by atomic mass is 19.3. The number of aromatic nitrogens is 3. The highest BCUT2D eigenvalue weighted by Gasteiger charge is 2.12. The van der Waals surface area contributed by atoms with Gasteiger partial charge < -0.3 is 4.98 Å². The van der Waals surface area contributed by atoms with Gasteiger partial charge in [-0.15, -0.1) is 0 Å². The van der Waals surface area contributed by atoms with E-state index in [0.29, 0.717) is 0 Å². The first-order chi connectivity index (χ1) is 7.08. The normalized spacial score (nSPS) is 11.2. The first-order valence-corrected chi connectivity index (χ1v) is 4.22. The maximum Gasteiger partial charge on any atom is 0.295 e. The van der Waals surface area contributed by atoms with Gasteiger partial charge in [0, 0.05) is 6.20 Å². The van der Waals surface area contributed by atoms with Gasteiger partial charge in [0.25, 0.3) is 12.0 Å². The average Bonchev–Trinajstić information content (AvgIpc) is 2.16. The van der Waals surface area contributed by atoms with Crippen molar-refractivity contribution in [2.45, 2.75) is 13.3 Å². The Labute approximate surface area is 83.0 Å². The summed E-state index contributed by atoms with van der Waals surface area (Å²) >= 11 is 0. The lowest BCUT2D eigenvalue weighted by Gasteiger charge is -2.01. The SMILES string of the molecule is Cc1cnc2c(=O)[nH]c(C(F)F)nc2c1. The van der Waals surface area contributed by atoms with Gasteiger partial charge in [0.2, 0.25) is 0 Å². The van der Waals surface area contributed by atoms with Crippen LogP contribution in [0.4, 0.5) is 8.78 Å². The van der Waals surface area contributed by atoms with E-state index in [1.54, 1.807) is 13.0 Å². The molecule has 78 valence electrons. The van der Waals surface area contributed by atoms with Crippen LogP contribution in [0.1, 0.15) is 17.8 Å². The number of aryl methyl sites for hydroxylation is 1. The second-order valence-corrected chi connectivity index (χ2v) is 3.13. The topological polar surface area (TPSA) is 58.6 Å². The molecule has 2 aromatic rings. The van der Waals surface area contributed by atoms with Gasteiger partial charge in [0.15, 0.2) is 11.3 Å². The van der Waals surface area contributed by atoms with Crippen molar-refractivity contribution in [3.05, 3.63) is 34.0 Å². The third kappa shape index (κ3) is 1.70. The highest BCUT2D eigenvalue weighted by Crippen LogP contribution is 2.14. The number of hydrogen-bond donors (Lipinski definition) is 1. The molecular formula is C9H7F2N3O. The number of nitrogens with one attached hydrogen (secondary N) is 1. The number of rotatable bonds is 1. The van der Waals surface area contributed by atoms with Crippen LogP contribution in [0.5, 0.6) is 0 Å². The van der Waals surface area contributed by atoms with Crippen LogP contribution in [0.3, 0.4) is 0 Å². The summed E-state index contributed by atoms with van der Waals surface area (Å²) in [6.45, 7) is 1.75. The van der Waals surface area contributed by atoms with Crippen molar-refractivity contribution >= 4 is 11.0 Å². The summed E-state index contributed by atoms with van der Waals surface area (Å²) < 4.78 is 24.6. The predicted octanol–water partition coefficient (Wildman–Crippen LogP) is 1.56. The molecule has 15 heavy (non-hydrogen) atoms. The average molecular weight is 211 g/mol. The van der Waals surface area contributed by atoms with Crippen molar-refractivity contribution in [3.63, 3.8) is 0 Å². The largest absolute Gasteiger partial charge is 0.304 e. The minimum atomic E-state index is -2.79. The summed E-state index contributed by atoms with van der Waals surface area (Å²) in [6.07, 6.45) is -1.30. The second kappa shape index (κ2) is 3.38. The van der Waals surface area contributed by atoms with E-state index in [1.807, 2.05) is 4.98 Å². The summed E-state index contributed by atoms with van der Waals surface area (Å²) in [5.74, 6) is -0.625. The second-order valence-electron chi connectivity index (χ2n) is 3.13. The highest BCUT2D eigenvalue weighted by molar-refractivity contribution is 5.73. The van der Waals surface area contributed by atoms with Crippen LogP contribution in [0.2, 0.25) is 0 Å². The van der Waals surface area contributed by atoms with Crippen LogP contribution in [-0.4, -0.2) is 15.0 Å². The van der Waals surface area contributed by atoms with Crippen molar-refractivity contribution in [2.24, 2.45) is 0 Å². The van der Waals surface area contributed by atoms with Gasteiger partial charge in [-0.3, -0.25) is 4.79 Å². The molecule has 4 nitrogen and oxygen atoms in total. The number of hydrogen-bond acceptors (Lipinski definition) is 3. The minimum Gasteiger partial charge on any atom is -0.304 e. The zero-order chi connectivity index (χ0) is 11.0. The lowest BCUT2D eigenvalue weighted by atomic mass is 10.3. The molecule has 0 spiro atoms. The Morgan fingerprint density at radius 1 is 1.47 bits per heavy atom. The lowest BCUT2D eigenvalue weighted by Crippen LogP contribution is -2.13. The fourth-order valence-corrected chi connectivity index (χ4v) is 1.25. The van der Waals surface area contributed by atoms with E-state index in [0.717, 1.165) is 5.56 Å². The molecule has 2 rings (SSSR count). The van der Waals surface area contributed by atoms with E-state index in [9.17, 15) is 13.6 Å². The van der Waals surface area contributed by atoms with Crippen LogP contribution in [-0.2, 0) is 0 Å². The molecule has 0 bridgehead atoms. The molecule has 0 aliphatic rings. The summed E-state index contributed by atoms with van der Waals surface area (Å²) in [4.78, 5) is 20.8. The molecule has 2 aromatic heterocycles. The molecule has 0 unspecified atom stereocenters. The molecule has 0 radical (unpaired) electrons. The summed E-state index contributed by atoms with van der Waals surface area (Å²) in [6, 6.07) is 1.55. The van der Waals surface area contributed by atoms with E-state index < -0.39 is 17.8 Å². The quantitative estimate of drug-likeness (QED) is 0.778. The molecule has 0 aromatic carbocycles. The number of halogens is 2. The molecule has 0 saturated carbocycles. The predicted molar refractivity (Wildman–Crippen MR) is 49.9 cm³/mol. The molecule has 0 atom stereocenters.